The van der Waals surface area contributed by atoms with Crippen molar-refractivity contribution in [1.82, 2.24) is 4.90 Å². The lowest BCUT2D eigenvalue weighted by molar-refractivity contribution is -0.136. The van der Waals surface area contributed by atoms with Gasteiger partial charge in [0.2, 0.25) is 5.91 Å². The Bertz CT molecular complexity index is 622. The van der Waals surface area contributed by atoms with Crippen molar-refractivity contribution in [2.45, 2.75) is 78.0 Å². The molecule has 1 amide bonds. The zero-order valence-electron chi connectivity index (χ0n) is 16.0. The second kappa shape index (κ2) is 7.77. The Morgan fingerprint density at radius 3 is 2.64 bits per heavy atom. The molecule has 0 N–H and O–H groups in total. The number of rotatable bonds is 6. The molecule has 1 heterocycles. The molecule has 3 rings (SSSR count). The number of carbonyl (C=O) groups excluding carboxylic acids is 1. The van der Waals surface area contributed by atoms with Gasteiger partial charge in [-0.25, -0.2) is 0 Å². The number of hydrogen-bond donors (Lipinski definition) is 0. The summed E-state index contributed by atoms with van der Waals surface area (Å²) in [5, 5.41) is 0. The van der Waals surface area contributed by atoms with Gasteiger partial charge < -0.3 is 14.4 Å². The van der Waals surface area contributed by atoms with E-state index in [1.807, 2.05) is 13.8 Å². The van der Waals surface area contributed by atoms with E-state index < -0.39 is 0 Å². The van der Waals surface area contributed by atoms with Crippen LogP contribution in [-0.4, -0.2) is 36.2 Å². The summed E-state index contributed by atoms with van der Waals surface area (Å²) in [6.07, 6.45) is 4.83. The first-order valence-electron chi connectivity index (χ1n) is 9.64. The molecule has 1 aromatic rings. The van der Waals surface area contributed by atoms with Crippen LogP contribution in [0, 0.1) is 13.8 Å². The SMILES string of the molecule is Cc1cc2c(cc1C)C(N(C(=O)CCOC(C)C)C1CC1)CCCO2. The van der Waals surface area contributed by atoms with Crippen LogP contribution in [0.5, 0.6) is 5.75 Å². The van der Waals surface area contributed by atoms with Crippen LogP contribution in [0.4, 0.5) is 0 Å². The van der Waals surface area contributed by atoms with E-state index in [2.05, 4.69) is 30.9 Å². The second-order valence-electron chi connectivity index (χ2n) is 7.68. The molecule has 1 aliphatic carbocycles. The predicted octanol–water partition coefficient (Wildman–Crippen LogP) is 4.32. The first-order chi connectivity index (χ1) is 12.0. The number of nitrogens with zero attached hydrogens (tertiary/aromatic N) is 1. The minimum absolute atomic E-state index is 0.135. The van der Waals surface area contributed by atoms with Gasteiger partial charge in [0.05, 0.1) is 31.8 Å². The Morgan fingerprint density at radius 1 is 1.24 bits per heavy atom. The lowest BCUT2D eigenvalue weighted by Gasteiger charge is -2.32. The summed E-state index contributed by atoms with van der Waals surface area (Å²) in [7, 11) is 0. The molecule has 0 aromatic heterocycles. The number of ether oxygens (including phenoxy) is 2. The summed E-state index contributed by atoms with van der Waals surface area (Å²) < 4.78 is 11.6. The average molecular weight is 345 g/mol. The van der Waals surface area contributed by atoms with Crippen molar-refractivity contribution in [3.05, 3.63) is 28.8 Å². The van der Waals surface area contributed by atoms with E-state index in [4.69, 9.17) is 9.47 Å². The van der Waals surface area contributed by atoms with Crippen molar-refractivity contribution < 1.29 is 14.3 Å². The van der Waals surface area contributed by atoms with Crippen molar-refractivity contribution in [2.24, 2.45) is 0 Å². The van der Waals surface area contributed by atoms with Gasteiger partial charge in [-0.05, 0) is 70.6 Å². The Balaban J connectivity index is 1.84. The van der Waals surface area contributed by atoms with Crippen molar-refractivity contribution in [3.63, 3.8) is 0 Å². The molecule has 25 heavy (non-hydrogen) atoms. The lowest BCUT2D eigenvalue weighted by Crippen LogP contribution is -2.37. The molecule has 0 spiro atoms. The molecule has 0 bridgehead atoms. The van der Waals surface area contributed by atoms with Crippen LogP contribution in [0.15, 0.2) is 12.1 Å². The minimum atomic E-state index is 0.135. The number of amides is 1. The summed E-state index contributed by atoms with van der Waals surface area (Å²) >= 11 is 0. The summed E-state index contributed by atoms with van der Waals surface area (Å²) in [6, 6.07) is 4.90. The molecule has 0 saturated heterocycles. The summed E-state index contributed by atoms with van der Waals surface area (Å²) in [5.41, 5.74) is 3.69. The molecular weight excluding hydrogens is 314 g/mol. The smallest absolute Gasteiger partial charge is 0.225 e. The highest BCUT2D eigenvalue weighted by molar-refractivity contribution is 5.77. The van der Waals surface area contributed by atoms with E-state index in [0.717, 1.165) is 38.0 Å². The molecule has 138 valence electrons. The molecule has 1 atom stereocenters. The van der Waals surface area contributed by atoms with E-state index in [-0.39, 0.29) is 18.1 Å². The molecule has 1 aliphatic heterocycles. The van der Waals surface area contributed by atoms with E-state index in [1.165, 1.54) is 16.7 Å². The highest BCUT2D eigenvalue weighted by atomic mass is 16.5. The number of hydrogen-bond acceptors (Lipinski definition) is 3. The van der Waals surface area contributed by atoms with Gasteiger partial charge in [-0.3, -0.25) is 4.79 Å². The van der Waals surface area contributed by atoms with Crippen LogP contribution in [-0.2, 0) is 9.53 Å². The maximum atomic E-state index is 13.0. The van der Waals surface area contributed by atoms with Gasteiger partial charge in [-0.15, -0.1) is 0 Å². The Hall–Kier alpha value is -1.55. The fourth-order valence-electron chi connectivity index (χ4n) is 3.60. The zero-order chi connectivity index (χ0) is 18.0. The molecule has 0 radical (unpaired) electrons. The fourth-order valence-corrected chi connectivity index (χ4v) is 3.60. The van der Waals surface area contributed by atoms with Gasteiger partial charge in [0.1, 0.15) is 5.75 Å². The molecule has 2 aliphatic rings. The predicted molar refractivity (Wildman–Crippen MR) is 99.0 cm³/mol. The standard InChI is InChI=1S/C21H31NO3/c1-14(2)24-11-9-21(23)22(17-7-8-17)19-6-5-10-25-20-13-16(4)15(3)12-18(19)20/h12-14,17,19H,5-11H2,1-4H3. The second-order valence-corrected chi connectivity index (χ2v) is 7.68. The lowest BCUT2D eigenvalue weighted by atomic mass is 9.95. The van der Waals surface area contributed by atoms with Gasteiger partial charge in [0, 0.05) is 11.6 Å². The van der Waals surface area contributed by atoms with Crippen LogP contribution in [0.25, 0.3) is 0 Å². The van der Waals surface area contributed by atoms with E-state index >= 15 is 0 Å². The van der Waals surface area contributed by atoms with Crippen molar-refractivity contribution in [2.75, 3.05) is 13.2 Å². The molecule has 1 saturated carbocycles. The largest absolute Gasteiger partial charge is 0.493 e. The topological polar surface area (TPSA) is 38.8 Å². The van der Waals surface area contributed by atoms with Crippen LogP contribution in [0.2, 0.25) is 0 Å². The quantitative estimate of drug-likeness (QED) is 0.770. The third kappa shape index (κ3) is 4.35. The maximum absolute atomic E-state index is 13.0. The monoisotopic (exact) mass is 345 g/mol. The Kier molecular flexibility index (Phi) is 5.67. The van der Waals surface area contributed by atoms with Crippen molar-refractivity contribution >= 4 is 5.91 Å². The molecular formula is C21H31NO3. The number of carbonyl (C=O) groups is 1. The first-order valence-corrected chi connectivity index (χ1v) is 9.64. The summed E-state index contributed by atoms with van der Waals surface area (Å²) in [5.74, 6) is 1.18. The molecule has 1 aromatic carbocycles. The zero-order valence-corrected chi connectivity index (χ0v) is 16.0. The third-order valence-electron chi connectivity index (χ3n) is 5.20. The summed E-state index contributed by atoms with van der Waals surface area (Å²) in [6.45, 7) is 9.50. The van der Waals surface area contributed by atoms with E-state index in [0.29, 0.717) is 19.1 Å². The fraction of sp³-hybridized carbons (Fsp3) is 0.667. The van der Waals surface area contributed by atoms with E-state index in [1.54, 1.807) is 0 Å². The van der Waals surface area contributed by atoms with Gasteiger partial charge in [0.25, 0.3) is 0 Å². The Labute approximate surface area is 151 Å². The highest BCUT2D eigenvalue weighted by Crippen LogP contribution is 2.42. The number of fused-ring (bicyclic) bond motifs is 1. The van der Waals surface area contributed by atoms with E-state index in [9.17, 15) is 4.79 Å². The normalized spacial score (nSPS) is 20.0. The van der Waals surface area contributed by atoms with Crippen LogP contribution in [0.1, 0.15) is 68.7 Å². The molecule has 1 fully saturated rings. The van der Waals surface area contributed by atoms with Gasteiger partial charge in [0.15, 0.2) is 0 Å². The average Bonchev–Trinajstić information content (AvgIpc) is 3.38. The van der Waals surface area contributed by atoms with Gasteiger partial charge in [-0.1, -0.05) is 6.07 Å². The first kappa shape index (κ1) is 18.2. The number of benzene rings is 1. The minimum Gasteiger partial charge on any atom is -0.493 e. The van der Waals surface area contributed by atoms with Crippen molar-refractivity contribution in [3.8, 4) is 5.75 Å². The third-order valence-corrected chi connectivity index (χ3v) is 5.20. The van der Waals surface area contributed by atoms with Gasteiger partial charge >= 0.3 is 0 Å². The molecule has 4 heteroatoms. The molecule has 4 nitrogen and oxygen atoms in total. The molecule has 1 unspecified atom stereocenters. The summed E-state index contributed by atoms with van der Waals surface area (Å²) in [4.78, 5) is 15.1. The maximum Gasteiger partial charge on any atom is 0.225 e. The Morgan fingerprint density at radius 2 is 1.96 bits per heavy atom. The van der Waals surface area contributed by atoms with Crippen LogP contribution >= 0.6 is 0 Å². The highest BCUT2D eigenvalue weighted by Gasteiger charge is 2.39. The van der Waals surface area contributed by atoms with Gasteiger partial charge in [-0.2, -0.15) is 0 Å². The van der Waals surface area contributed by atoms with Crippen LogP contribution < -0.4 is 4.74 Å². The van der Waals surface area contributed by atoms with Crippen molar-refractivity contribution in [1.29, 1.82) is 0 Å². The van der Waals surface area contributed by atoms with Crippen LogP contribution in [0.3, 0.4) is 0 Å². The number of aryl methyl sites for hydroxylation is 2.